The van der Waals surface area contributed by atoms with Crippen molar-refractivity contribution in [1.29, 1.82) is 5.26 Å². The highest BCUT2D eigenvalue weighted by Gasteiger charge is 2.75. The summed E-state index contributed by atoms with van der Waals surface area (Å²) < 4.78 is 0. The van der Waals surface area contributed by atoms with Crippen LogP contribution >= 0.6 is 0 Å². The lowest BCUT2D eigenvalue weighted by molar-refractivity contribution is -0.118. The van der Waals surface area contributed by atoms with Crippen LogP contribution in [-0.2, 0) is 4.79 Å². The third kappa shape index (κ3) is 1.52. The molecule has 0 aliphatic heterocycles. The van der Waals surface area contributed by atoms with Crippen LogP contribution in [0.15, 0.2) is 11.6 Å². The highest BCUT2D eigenvalue weighted by atomic mass is 16.1. The average Bonchev–Trinajstić information content (AvgIpc) is 3.31. The predicted molar refractivity (Wildman–Crippen MR) is 92.8 cm³/mol. The second-order valence-electron chi connectivity index (χ2n) is 10.2. The molecular formula is C22H29NO. The molecule has 0 amide bonds. The molecule has 0 heterocycles. The molecular weight excluding hydrogens is 294 g/mol. The van der Waals surface area contributed by atoms with Gasteiger partial charge in [-0.1, -0.05) is 19.4 Å². The lowest BCUT2D eigenvalue weighted by atomic mass is 9.44. The van der Waals surface area contributed by atoms with Crippen LogP contribution in [0.1, 0.15) is 65.7 Å². The molecule has 0 N–H and O–H groups in total. The van der Waals surface area contributed by atoms with Crippen molar-refractivity contribution in [2.75, 3.05) is 0 Å². The third-order valence-corrected chi connectivity index (χ3v) is 9.67. The minimum Gasteiger partial charge on any atom is -0.295 e. The van der Waals surface area contributed by atoms with Gasteiger partial charge in [0.15, 0.2) is 5.78 Å². The van der Waals surface area contributed by atoms with E-state index in [2.05, 4.69) is 26.8 Å². The molecule has 0 aromatic carbocycles. The summed E-state index contributed by atoms with van der Waals surface area (Å²) in [7, 11) is 0. The molecule has 0 aromatic heterocycles. The molecule has 0 aromatic rings. The molecule has 128 valence electrons. The van der Waals surface area contributed by atoms with Crippen molar-refractivity contribution in [3.8, 4) is 6.07 Å². The molecule has 0 unspecified atom stereocenters. The summed E-state index contributed by atoms with van der Waals surface area (Å²) in [6.45, 7) is 7.17. The summed E-state index contributed by atoms with van der Waals surface area (Å²) in [6, 6.07) is 2.78. The fraction of sp³-hybridized carbons (Fsp3) is 0.818. The van der Waals surface area contributed by atoms with Crippen LogP contribution in [0.5, 0.6) is 0 Å². The van der Waals surface area contributed by atoms with Gasteiger partial charge < -0.3 is 0 Å². The number of fused-ring (bicyclic) bond motifs is 7. The van der Waals surface area contributed by atoms with Gasteiger partial charge >= 0.3 is 0 Å². The Morgan fingerprint density at radius 3 is 2.62 bits per heavy atom. The van der Waals surface area contributed by atoms with Gasteiger partial charge in [0.1, 0.15) is 0 Å². The second-order valence-corrected chi connectivity index (χ2v) is 10.2. The van der Waals surface area contributed by atoms with Gasteiger partial charge in [-0.3, -0.25) is 4.79 Å². The number of hydrogen-bond donors (Lipinski definition) is 0. The zero-order valence-corrected chi connectivity index (χ0v) is 15.3. The molecule has 5 aliphatic rings. The Kier molecular flexibility index (Phi) is 2.75. The zero-order valence-electron chi connectivity index (χ0n) is 15.3. The number of nitriles is 1. The molecule has 5 rings (SSSR count). The van der Waals surface area contributed by atoms with Crippen LogP contribution in [-0.4, -0.2) is 5.78 Å². The van der Waals surface area contributed by atoms with E-state index >= 15 is 0 Å². The van der Waals surface area contributed by atoms with Crippen molar-refractivity contribution < 1.29 is 4.79 Å². The molecule has 0 radical (unpaired) electrons. The van der Waals surface area contributed by atoms with E-state index < -0.39 is 0 Å². The second kappa shape index (κ2) is 4.35. The van der Waals surface area contributed by atoms with Gasteiger partial charge in [-0.05, 0) is 91.9 Å². The van der Waals surface area contributed by atoms with Crippen molar-refractivity contribution in [2.24, 2.45) is 45.8 Å². The van der Waals surface area contributed by atoms with Gasteiger partial charge in [0.25, 0.3) is 0 Å². The van der Waals surface area contributed by atoms with Crippen molar-refractivity contribution >= 4 is 5.78 Å². The molecule has 2 heteroatoms. The average molecular weight is 323 g/mol. The topological polar surface area (TPSA) is 40.9 Å². The van der Waals surface area contributed by atoms with Gasteiger partial charge in [0.2, 0.25) is 0 Å². The monoisotopic (exact) mass is 323 g/mol. The molecule has 24 heavy (non-hydrogen) atoms. The van der Waals surface area contributed by atoms with E-state index in [1.807, 2.05) is 6.08 Å². The Bertz CT molecular complexity index is 701. The van der Waals surface area contributed by atoms with E-state index in [1.165, 1.54) is 31.3 Å². The predicted octanol–water partition coefficient (Wildman–Crippen LogP) is 4.90. The van der Waals surface area contributed by atoms with E-state index in [9.17, 15) is 10.1 Å². The summed E-state index contributed by atoms with van der Waals surface area (Å²) >= 11 is 0. The molecule has 2 nitrogen and oxygen atoms in total. The maximum atomic E-state index is 11.9. The van der Waals surface area contributed by atoms with Crippen LogP contribution in [0.25, 0.3) is 0 Å². The lowest BCUT2D eigenvalue weighted by Gasteiger charge is -2.59. The van der Waals surface area contributed by atoms with Crippen molar-refractivity contribution in [2.45, 2.75) is 65.7 Å². The molecule has 5 aliphatic carbocycles. The summed E-state index contributed by atoms with van der Waals surface area (Å²) in [5.41, 5.74) is 1.83. The summed E-state index contributed by atoms with van der Waals surface area (Å²) in [5, 5.41) is 9.99. The number of ketones is 1. The summed E-state index contributed by atoms with van der Waals surface area (Å²) in [4.78, 5) is 11.9. The number of rotatable bonds is 0. The summed E-state index contributed by atoms with van der Waals surface area (Å²) in [5.74, 6) is 4.10. The highest BCUT2D eigenvalue weighted by Crippen LogP contribution is 2.79. The Labute approximate surface area is 145 Å². The Morgan fingerprint density at radius 2 is 1.88 bits per heavy atom. The van der Waals surface area contributed by atoms with Crippen molar-refractivity contribution in [1.82, 2.24) is 0 Å². The van der Waals surface area contributed by atoms with Gasteiger partial charge in [-0.15, -0.1) is 0 Å². The van der Waals surface area contributed by atoms with E-state index in [4.69, 9.17) is 0 Å². The number of carbonyl (C=O) groups excluding carboxylic acids is 1. The van der Waals surface area contributed by atoms with E-state index in [1.54, 1.807) is 0 Å². The molecule has 4 fully saturated rings. The minimum atomic E-state index is -0.104. The van der Waals surface area contributed by atoms with Gasteiger partial charge in [0, 0.05) is 6.42 Å². The molecule has 4 saturated carbocycles. The zero-order chi connectivity index (χ0) is 16.9. The largest absolute Gasteiger partial charge is 0.295 e. The third-order valence-electron chi connectivity index (χ3n) is 9.67. The number of carbonyl (C=O) groups is 1. The van der Waals surface area contributed by atoms with Crippen LogP contribution in [0.3, 0.4) is 0 Å². The Hall–Kier alpha value is -1.10. The molecule has 0 spiro atoms. The lowest BCUT2D eigenvalue weighted by Crippen LogP contribution is -2.53. The quantitative estimate of drug-likeness (QED) is 0.636. The fourth-order valence-corrected chi connectivity index (χ4v) is 8.11. The Morgan fingerprint density at radius 1 is 1.08 bits per heavy atom. The van der Waals surface area contributed by atoms with E-state index in [0.717, 1.165) is 42.9 Å². The Balaban J connectivity index is 1.55. The van der Waals surface area contributed by atoms with E-state index in [-0.39, 0.29) is 16.2 Å². The first-order valence-electron chi connectivity index (χ1n) is 10.0. The maximum Gasteiger partial charge on any atom is 0.155 e. The van der Waals surface area contributed by atoms with Crippen LogP contribution in [0, 0.1) is 57.2 Å². The van der Waals surface area contributed by atoms with Crippen LogP contribution in [0.2, 0.25) is 0 Å². The molecule has 0 bridgehead atoms. The first-order valence-corrected chi connectivity index (χ1v) is 10.0. The van der Waals surface area contributed by atoms with Crippen molar-refractivity contribution in [3.63, 3.8) is 0 Å². The van der Waals surface area contributed by atoms with Gasteiger partial charge in [-0.25, -0.2) is 0 Å². The van der Waals surface area contributed by atoms with Gasteiger partial charge in [-0.2, -0.15) is 5.26 Å². The van der Waals surface area contributed by atoms with Gasteiger partial charge in [0.05, 0.1) is 11.5 Å². The number of allylic oxidation sites excluding steroid dienone is 1. The highest BCUT2D eigenvalue weighted by molar-refractivity contribution is 5.91. The number of nitrogens with zero attached hydrogens (tertiary/aromatic N) is 1. The SMILES string of the molecule is C[C@]12CCC(=O)C=C1CC[C@H]1[C@@H]3[C@@H]4C[C@@H]4[C@](C)(C#N)[C@@]3(C)CC[C@@H]12. The number of hydrogen-bond acceptors (Lipinski definition) is 2. The molecule has 8 atom stereocenters. The maximum absolute atomic E-state index is 11.9. The van der Waals surface area contributed by atoms with Crippen LogP contribution < -0.4 is 0 Å². The first kappa shape index (κ1) is 15.2. The summed E-state index contributed by atoms with van der Waals surface area (Å²) in [6.07, 6.45) is 9.95. The smallest absolute Gasteiger partial charge is 0.155 e. The first-order chi connectivity index (χ1) is 11.3. The fourth-order valence-electron chi connectivity index (χ4n) is 8.11. The van der Waals surface area contributed by atoms with Crippen molar-refractivity contribution in [3.05, 3.63) is 11.6 Å². The standard InChI is InChI=1S/C22H29NO/c1-20-8-6-14(24)10-13(20)4-5-15-17(20)7-9-21(2)19(15)16-11-18(16)22(21,3)12-23/h10,15-19H,4-9,11H2,1-3H3/t15-,16-,17+,18+,19-,20+,21+,22+/m1/s1. The van der Waals surface area contributed by atoms with E-state index in [0.29, 0.717) is 11.7 Å². The minimum absolute atomic E-state index is 0.104. The van der Waals surface area contributed by atoms with Crippen LogP contribution in [0.4, 0.5) is 0 Å². The molecule has 0 saturated heterocycles. The normalized spacial score (nSPS) is 57.8.